The summed E-state index contributed by atoms with van der Waals surface area (Å²) >= 11 is 0. The Bertz CT molecular complexity index is 365. The molecule has 3 heteroatoms. The molecule has 0 aliphatic carbocycles. The van der Waals surface area contributed by atoms with Crippen molar-refractivity contribution >= 4 is 0 Å². The van der Waals surface area contributed by atoms with Crippen LogP contribution >= 0.6 is 0 Å². The molecule has 3 nitrogen and oxygen atoms in total. The third-order valence-corrected chi connectivity index (χ3v) is 2.93. The van der Waals surface area contributed by atoms with E-state index in [0.717, 1.165) is 25.2 Å². The van der Waals surface area contributed by atoms with Crippen LogP contribution in [0.25, 0.3) is 0 Å². The van der Waals surface area contributed by atoms with E-state index in [2.05, 4.69) is 12.1 Å². The fourth-order valence-electron chi connectivity index (χ4n) is 2.12. The number of nitrogens with two attached hydrogens (primary N) is 1. The van der Waals surface area contributed by atoms with Gasteiger partial charge < -0.3 is 15.2 Å². The van der Waals surface area contributed by atoms with Gasteiger partial charge in [0.1, 0.15) is 5.75 Å². The summed E-state index contributed by atoms with van der Waals surface area (Å²) in [5.74, 6) is 0.903. The maximum Gasteiger partial charge on any atom is 0.120 e. The molecule has 1 saturated heterocycles. The minimum Gasteiger partial charge on any atom is -0.491 e. The van der Waals surface area contributed by atoms with Gasteiger partial charge in [-0.2, -0.15) is 0 Å². The second-order valence-corrected chi connectivity index (χ2v) is 4.88. The summed E-state index contributed by atoms with van der Waals surface area (Å²) in [6.45, 7) is 4.81. The molecular formula is C14H21NO2. The zero-order chi connectivity index (χ0) is 12.3. The number of hydrogen-bond donors (Lipinski definition) is 1. The summed E-state index contributed by atoms with van der Waals surface area (Å²) in [6, 6.07) is 8.38. The van der Waals surface area contributed by atoms with Crippen molar-refractivity contribution in [2.75, 3.05) is 6.61 Å². The molecule has 0 saturated carbocycles. The first-order chi connectivity index (χ1) is 8.15. The largest absolute Gasteiger partial charge is 0.491 e. The van der Waals surface area contributed by atoms with Crippen LogP contribution in [-0.4, -0.2) is 18.8 Å². The topological polar surface area (TPSA) is 44.5 Å². The molecular weight excluding hydrogens is 214 g/mol. The van der Waals surface area contributed by atoms with Gasteiger partial charge in [-0.3, -0.25) is 0 Å². The molecule has 1 aliphatic rings. The van der Waals surface area contributed by atoms with E-state index < -0.39 is 0 Å². The molecule has 0 radical (unpaired) electrons. The van der Waals surface area contributed by atoms with E-state index in [0.29, 0.717) is 0 Å². The summed E-state index contributed by atoms with van der Waals surface area (Å²) in [6.07, 6.45) is 2.17. The van der Waals surface area contributed by atoms with Crippen LogP contribution in [0.4, 0.5) is 0 Å². The molecule has 0 spiro atoms. The van der Waals surface area contributed by atoms with Crippen molar-refractivity contribution in [1.82, 2.24) is 0 Å². The van der Waals surface area contributed by atoms with Crippen molar-refractivity contribution < 1.29 is 9.47 Å². The van der Waals surface area contributed by atoms with Crippen molar-refractivity contribution in [3.05, 3.63) is 29.8 Å². The fourth-order valence-corrected chi connectivity index (χ4v) is 2.12. The highest BCUT2D eigenvalue weighted by atomic mass is 16.5. The highest BCUT2D eigenvalue weighted by Crippen LogP contribution is 2.29. The van der Waals surface area contributed by atoms with Gasteiger partial charge in [0.15, 0.2) is 0 Å². The van der Waals surface area contributed by atoms with Gasteiger partial charge in [-0.1, -0.05) is 12.1 Å². The van der Waals surface area contributed by atoms with Crippen LogP contribution in [0.3, 0.4) is 0 Å². The molecule has 2 rings (SSSR count). The van der Waals surface area contributed by atoms with Gasteiger partial charge in [-0.15, -0.1) is 0 Å². The first-order valence-electron chi connectivity index (χ1n) is 6.29. The van der Waals surface area contributed by atoms with Crippen LogP contribution in [0.15, 0.2) is 24.3 Å². The summed E-state index contributed by atoms with van der Waals surface area (Å²) in [4.78, 5) is 0. The maximum absolute atomic E-state index is 5.97. The molecule has 2 atom stereocenters. The van der Waals surface area contributed by atoms with E-state index in [9.17, 15) is 0 Å². The SMILES string of the molecule is CC(C)Oc1cccc(C2CC(N)CCO2)c1. The van der Waals surface area contributed by atoms with Gasteiger partial charge in [0.2, 0.25) is 0 Å². The normalized spacial score (nSPS) is 24.9. The van der Waals surface area contributed by atoms with Gasteiger partial charge in [0.25, 0.3) is 0 Å². The predicted molar refractivity (Wildman–Crippen MR) is 68.1 cm³/mol. The van der Waals surface area contributed by atoms with Gasteiger partial charge in [0.05, 0.1) is 12.2 Å². The number of rotatable bonds is 3. The summed E-state index contributed by atoms with van der Waals surface area (Å²) in [5.41, 5.74) is 7.14. The minimum atomic E-state index is 0.120. The highest BCUT2D eigenvalue weighted by molar-refractivity contribution is 5.30. The van der Waals surface area contributed by atoms with Crippen molar-refractivity contribution in [2.24, 2.45) is 5.73 Å². The van der Waals surface area contributed by atoms with Crippen LogP contribution in [0.1, 0.15) is 38.4 Å². The van der Waals surface area contributed by atoms with Crippen LogP contribution in [0, 0.1) is 0 Å². The lowest BCUT2D eigenvalue weighted by Crippen LogP contribution is -2.30. The maximum atomic E-state index is 5.97. The van der Waals surface area contributed by atoms with Gasteiger partial charge in [-0.05, 0) is 44.4 Å². The van der Waals surface area contributed by atoms with Crippen LogP contribution < -0.4 is 10.5 Å². The zero-order valence-electron chi connectivity index (χ0n) is 10.6. The minimum absolute atomic E-state index is 0.120. The Kier molecular flexibility index (Phi) is 4.02. The van der Waals surface area contributed by atoms with E-state index in [1.165, 1.54) is 5.56 Å². The van der Waals surface area contributed by atoms with E-state index in [1.807, 2.05) is 26.0 Å². The Labute approximate surface area is 103 Å². The van der Waals surface area contributed by atoms with E-state index in [-0.39, 0.29) is 18.2 Å². The lowest BCUT2D eigenvalue weighted by molar-refractivity contribution is 0.00650. The van der Waals surface area contributed by atoms with Crippen LogP contribution in [0.5, 0.6) is 5.75 Å². The average Bonchev–Trinajstić information content (AvgIpc) is 2.28. The number of benzene rings is 1. The summed E-state index contributed by atoms with van der Waals surface area (Å²) in [5, 5.41) is 0. The van der Waals surface area contributed by atoms with Crippen LogP contribution in [0.2, 0.25) is 0 Å². The Morgan fingerprint density at radius 1 is 1.41 bits per heavy atom. The molecule has 1 aromatic carbocycles. The third-order valence-electron chi connectivity index (χ3n) is 2.93. The van der Waals surface area contributed by atoms with E-state index in [1.54, 1.807) is 0 Å². The second-order valence-electron chi connectivity index (χ2n) is 4.88. The molecule has 2 unspecified atom stereocenters. The monoisotopic (exact) mass is 235 g/mol. The van der Waals surface area contributed by atoms with E-state index in [4.69, 9.17) is 15.2 Å². The lowest BCUT2D eigenvalue weighted by Gasteiger charge is -2.27. The van der Waals surface area contributed by atoms with Crippen molar-refractivity contribution in [3.63, 3.8) is 0 Å². The van der Waals surface area contributed by atoms with Crippen molar-refractivity contribution in [3.8, 4) is 5.75 Å². The lowest BCUT2D eigenvalue weighted by atomic mass is 9.98. The van der Waals surface area contributed by atoms with Gasteiger partial charge >= 0.3 is 0 Å². The molecule has 2 N–H and O–H groups in total. The summed E-state index contributed by atoms with van der Waals surface area (Å²) < 4.78 is 11.4. The molecule has 0 bridgehead atoms. The Hall–Kier alpha value is -1.06. The Morgan fingerprint density at radius 3 is 2.94 bits per heavy atom. The smallest absolute Gasteiger partial charge is 0.120 e. The molecule has 1 fully saturated rings. The molecule has 17 heavy (non-hydrogen) atoms. The first-order valence-corrected chi connectivity index (χ1v) is 6.29. The van der Waals surface area contributed by atoms with Crippen molar-refractivity contribution in [2.45, 2.75) is 44.9 Å². The summed E-state index contributed by atoms with van der Waals surface area (Å²) in [7, 11) is 0. The Balaban J connectivity index is 2.09. The van der Waals surface area contributed by atoms with E-state index >= 15 is 0 Å². The van der Waals surface area contributed by atoms with Crippen molar-refractivity contribution in [1.29, 1.82) is 0 Å². The highest BCUT2D eigenvalue weighted by Gasteiger charge is 2.21. The number of hydrogen-bond acceptors (Lipinski definition) is 3. The molecule has 1 heterocycles. The second kappa shape index (κ2) is 5.52. The van der Waals surface area contributed by atoms with Crippen LogP contribution in [-0.2, 0) is 4.74 Å². The quantitative estimate of drug-likeness (QED) is 0.876. The zero-order valence-corrected chi connectivity index (χ0v) is 10.6. The molecule has 1 aromatic rings. The fraction of sp³-hybridized carbons (Fsp3) is 0.571. The predicted octanol–water partition coefficient (Wildman–Crippen LogP) is 2.65. The first kappa shape index (κ1) is 12.4. The molecule has 0 aromatic heterocycles. The standard InChI is InChI=1S/C14H21NO2/c1-10(2)17-13-5-3-4-11(8-13)14-9-12(15)6-7-16-14/h3-5,8,10,12,14H,6-7,9,15H2,1-2H3. The molecule has 1 aliphatic heterocycles. The third kappa shape index (κ3) is 3.45. The van der Waals surface area contributed by atoms with Gasteiger partial charge in [0, 0.05) is 12.6 Å². The Morgan fingerprint density at radius 2 is 2.24 bits per heavy atom. The molecule has 94 valence electrons. The average molecular weight is 235 g/mol. The molecule has 0 amide bonds. The number of ether oxygens (including phenoxy) is 2. The van der Waals surface area contributed by atoms with Gasteiger partial charge in [-0.25, -0.2) is 0 Å².